The van der Waals surface area contributed by atoms with Crippen LogP contribution in [0, 0.1) is 0 Å². The maximum atomic E-state index is 3.03. The summed E-state index contributed by atoms with van der Waals surface area (Å²) in [5, 5.41) is 2.12. The van der Waals surface area contributed by atoms with Crippen LogP contribution < -0.4 is 11.0 Å². The first-order valence-corrected chi connectivity index (χ1v) is 3.28. The third kappa shape index (κ3) is 0.685. The molecule has 1 aliphatic heterocycles. The van der Waals surface area contributed by atoms with Crippen LogP contribution in [0.4, 0.5) is 0 Å². The first-order chi connectivity index (χ1) is 4.31. The maximum Gasteiger partial charge on any atom is 0.0548 e. The van der Waals surface area contributed by atoms with Crippen LogP contribution in [0.1, 0.15) is 19.8 Å². The van der Waals surface area contributed by atoms with Gasteiger partial charge in [-0.3, -0.25) is 5.01 Å². The van der Waals surface area contributed by atoms with Gasteiger partial charge >= 0.3 is 0 Å². The molecule has 0 bridgehead atoms. The number of hydrogen-bond acceptors (Lipinski definition) is 3. The second-order valence-corrected chi connectivity index (χ2v) is 2.94. The summed E-state index contributed by atoms with van der Waals surface area (Å²) in [4.78, 5) is 0. The van der Waals surface area contributed by atoms with Crippen molar-refractivity contribution >= 4 is 0 Å². The van der Waals surface area contributed by atoms with E-state index in [2.05, 4.69) is 22.9 Å². The van der Waals surface area contributed by atoms with Crippen LogP contribution in [0.25, 0.3) is 0 Å². The van der Waals surface area contributed by atoms with E-state index in [4.69, 9.17) is 0 Å². The summed E-state index contributed by atoms with van der Waals surface area (Å²) >= 11 is 0. The largest absolute Gasteiger partial charge is 0.310 e. The molecule has 2 aliphatic rings. The second-order valence-electron chi connectivity index (χ2n) is 2.94. The highest BCUT2D eigenvalue weighted by molar-refractivity contribution is 5.04. The molecule has 0 aromatic heterocycles. The minimum Gasteiger partial charge on any atom is -0.310 e. The molecule has 0 atom stereocenters. The lowest BCUT2D eigenvalue weighted by molar-refractivity contribution is 0.191. The van der Waals surface area contributed by atoms with Crippen LogP contribution in [0.3, 0.4) is 0 Å². The van der Waals surface area contributed by atoms with Gasteiger partial charge in [-0.15, -0.1) is 5.53 Å². The Labute approximate surface area is 54.7 Å². The Morgan fingerprint density at radius 3 is 2.78 bits per heavy atom. The van der Waals surface area contributed by atoms with Crippen LogP contribution in [-0.2, 0) is 0 Å². The van der Waals surface area contributed by atoms with Crippen molar-refractivity contribution in [3.8, 4) is 0 Å². The summed E-state index contributed by atoms with van der Waals surface area (Å²) in [6, 6.07) is 0. The van der Waals surface area contributed by atoms with Crippen molar-refractivity contribution in [2.24, 2.45) is 0 Å². The Bertz CT molecular complexity index is 148. The first kappa shape index (κ1) is 5.11. The van der Waals surface area contributed by atoms with Gasteiger partial charge in [-0.05, 0) is 19.8 Å². The molecule has 3 nitrogen and oxygen atoms in total. The molecule has 1 fully saturated rings. The summed E-state index contributed by atoms with van der Waals surface area (Å²) in [6.45, 7) is 2.25. The van der Waals surface area contributed by atoms with Gasteiger partial charge in [-0.25, -0.2) is 0 Å². The van der Waals surface area contributed by atoms with Crippen molar-refractivity contribution in [1.82, 2.24) is 16.0 Å². The van der Waals surface area contributed by atoms with Crippen molar-refractivity contribution in [2.75, 3.05) is 0 Å². The minimum absolute atomic E-state index is 0.403. The van der Waals surface area contributed by atoms with Gasteiger partial charge in [-0.2, -0.15) is 0 Å². The van der Waals surface area contributed by atoms with Crippen LogP contribution in [0.5, 0.6) is 0 Å². The summed E-state index contributed by atoms with van der Waals surface area (Å²) < 4.78 is 0. The molecular weight excluding hydrogens is 114 g/mol. The summed E-state index contributed by atoms with van der Waals surface area (Å²) in [7, 11) is 0. The van der Waals surface area contributed by atoms with Crippen LogP contribution in [0.15, 0.2) is 12.4 Å². The number of hydrazine groups is 2. The standard InChI is InChI=1S/C6H11N3/c1-6(2-3-6)9-5-4-7-8-9/h4-5,7-8H,2-3H2,1H3. The molecule has 0 aromatic carbocycles. The summed E-state index contributed by atoms with van der Waals surface area (Å²) in [5.74, 6) is 0. The fraction of sp³-hybridized carbons (Fsp3) is 0.667. The van der Waals surface area contributed by atoms with E-state index in [1.165, 1.54) is 12.8 Å². The van der Waals surface area contributed by atoms with Crippen molar-refractivity contribution in [1.29, 1.82) is 0 Å². The molecule has 50 valence electrons. The molecular formula is C6H11N3. The molecule has 0 aromatic rings. The van der Waals surface area contributed by atoms with E-state index >= 15 is 0 Å². The van der Waals surface area contributed by atoms with E-state index in [1.807, 2.05) is 12.4 Å². The van der Waals surface area contributed by atoms with Gasteiger partial charge in [0.15, 0.2) is 0 Å². The zero-order valence-corrected chi connectivity index (χ0v) is 5.52. The Balaban J connectivity index is 2.05. The molecule has 2 N–H and O–H groups in total. The Hall–Kier alpha value is -0.700. The SMILES string of the molecule is CC1(N2C=CNN2)CC1. The molecule has 0 spiro atoms. The highest BCUT2D eigenvalue weighted by Crippen LogP contribution is 2.40. The summed E-state index contributed by atoms with van der Waals surface area (Å²) in [5.41, 5.74) is 6.35. The topological polar surface area (TPSA) is 27.3 Å². The molecule has 9 heavy (non-hydrogen) atoms. The van der Waals surface area contributed by atoms with Crippen molar-refractivity contribution in [3.05, 3.63) is 12.4 Å². The lowest BCUT2D eigenvalue weighted by atomic mass is 10.3. The lowest BCUT2D eigenvalue weighted by Crippen LogP contribution is -2.42. The van der Waals surface area contributed by atoms with E-state index in [0.29, 0.717) is 5.54 Å². The molecule has 2 rings (SSSR count). The van der Waals surface area contributed by atoms with Crippen molar-refractivity contribution in [3.63, 3.8) is 0 Å². The fourth-order valence-electron chi connectivity index (χ4n) is 0.993. The third-order valence-electron chi connectivity index (χ3n) is 2.05. The predicted octanol–water partition coefficient (Wildman–Crippen LogP) is 0.335. The number of nitrogens with one attached hydrogen (secondary N) is 2. The fourth-order valence-corrected chi connectivity index (χ4v) is 0.993. The Morgan fingerprint density at radius 2 is 2.33 bits per heavy atom. The quantitative estimate of drug-likeness (QED) is 0.529. The van der Waals surface area contributed by atoms with Gasteiger partial charge in [0.1, 0.15) is 0 Å². The van der Waals surface area contributed by atoms with Crippen LogP contribution in [0.2, 0.25) is 0 Å². The monoisotopic (exact) mass is 125 g/mol. The zero-order chi connectivity index (χ0) is 6.32. The second kappa shape index (κ2) is 1.42. The average molecular weight is 125 g/mol. The van der Waals surface area contributed by atoms with E-state index < -0.39 is 0 Å². The normalized spacial score (nSPS) is 28.3. The lowest BCUT2D eigenvalue weighted by Gasteiger charge is -2.22. The summed E-state index contributed by atoms with van der Waals surface area (Å²) in [6.07, 6.45) is 6.54. The third-order valence-corrected chi connectivity index (χ3v) is 2.05. The number of rotatable bonds is 1. The Morgan fingerprint density at radius 1 is 1.56 bits per heavy atom. The van der Waals surface area contributed by atoms with Gasteiger partial charge in [-0.1, -0.05) is 0 Å². The van der Waals surface area contributed by atoms with Crippen molar-refractivity contribution < 1.29 is 0 Å². The molecule has 0 saturated heterocycles. The number of nitrogens with zero attached hydrogens (tertiary/aromatic N) is 1. The Kier molecular flexibility index (Phi) is 0.805. The van der Waals surface area contributed by atoms with Crippen LogP contribution >= 0.6 is 0 Å². The molecule has 1 heterocycles. The molecule has 1 aliphatic carbocycles. The van der Waals surface area contributed by atoms with E-state index in [9.17, 15) is 0 Å². The van der Waals surface area contributed by atoms with Gasteiger partial charge < -0.3 is 5.43 Å². The van der Waals surface area contributed by atoms with E-state index in [1.54, 1.807) is 0 Å². The average Bonchev–Trinajstić information content (AvgIpc) is 2.46. The van der Waals surface area contributed by atoms with Gasteiger partial charge in [0.25, 0.3) is 0 Å². The smallest absolute Gasteiger partial charge is 0.0548 e. The van der Waals surface area contributed by atoms with Gasteiger partial charge in [0.2, 0.25) is 0 Å². The zero-order valence-electron chi connectivity index (χ0n) is 5.52. The van der Waals surface area contributed by atoms with E-state index in [0.717, 1.165) is 0 Å². The maximum absolute atomic E-state index is 3.03. The van der Waals surface area contributed by atoms with E-state index in [-0.39, 0.29) is 0 Å². The van der Waals surface area contributed by atoms with Gasteiger partial charge in [0, 0.05) is 12.4 Å². The number of hydrogen-bond donors (Lipinski definition) is 2. The molecule has 0 unspecified atom stereocenters. The molecule has 1 saturated carbocycles. The highest BCUT2D eigenvalue weighted by atomic mass is 15.7. The predicted molar refractivity (Wildman–Crippen MR) is 34.9 cm³/mol. The van der Waals surface area contributed by atoms with Crippen LogP contribution in [-0.4, -0.2) is 10.5 Å². The molecule has 0 amide bonds. The molecule has 0 radical (unpaired) electrons. The molecule has 3 heteroatoms. The first-order valence-electron chi connectivity index (χ1n) is 3.28. The minimum atomic E-state index is 0.403. The highest BCUT2D eigenvalue weighted by Gasteiger charge is 2.43. The van der Waals surface area contributed by atoms with Gasteiger partial charge in [0.05, 0.1) is 5.54 Å². The van der Waals surface area contributed by atoms with Crippen molar-refractivity contribution in [2.45, 2.75) is 25.3 Å².